The van der Waals surface area contributed by atoms with Crippen LogP contribution in [0.5, 0.6) is 0 Å². The molecule has 4 rings (SSSR count). The maximum Gasteiger partial charge on any atom is 0.134 e. The second-order valence-electron chi connectivity index (χ2n) is 7.86. The largest absolute Gasteiger partial charge is 0.353 e. The molecule has 0 unspecified atom stereocenters. The molecule has 2 nitrogen and oxygen atoms in total. The maximum absolute atomic E-state index is 3.79. The number of aromatic nitrogens is 1. The van der Waals surface area contributed by atoms with Gasteiger partial charge in [-0.05, 0) is 70.1 Å². The van der Waals surface area contributed by atoms with E-state index in [0.29, 0.717) is 0 Å². The van der Waals surface area contributed by atoms with Crippen molar-refractivity contribution in [3.63, 3.8) is 0 Å². The molecule has 0 saturated heterocycles. The van der Waals surface area contributed by atoms with Gasteiger partial charge in [0.2, 0.25) is 0 Å². The molecule has 2 aromatic rings. The molecule has 0 spiro atoms. The Bertz CT molecular complexity index is 678. The number of H-pyrrole nitrogens is 1. The third-order valence-electron chi connectivity index (χ3n) is 6.01. The highest BCUT2D eigenvalue weighted by Gasteiger charge is 2.40. The molecule has 0 radical (unpaired) electrons. The van der Waals surface area contributed by atoms with Crippen molar-refractivity contribution in [2.24, 2.45) is 0 Å². The summed E-state index contributed by atoms with van der Waals surface area (Å²) in [7, 11) is 0. The van der Waals surface area contributed by atoms with Crippen molar-refractivity contribution in [3.05, 3.63) is 35.0 Å². The summed E-state index contributed by atoms with van der Waals surface area (Å²) in [6.07, 6.45) is 11.0. The Morgan fingerprint density at radius 2 is 1.95 bits per heavy atom. The molecule has 0 bridgehead atoms. The number of nitrogens with one attached hydrogen (secondary N) is 1. The maximum atomic E-state index is 3.79. The summed E-state index contributed by atoms with van der Waals surface area (Å²) in [6.45, 7) is 4.68. The van der Waals surface area contributed by atoms with E-state index in [9.17, 15) is 0 Å². The summed E-state index contributed by atoms with van der Waals surface area (Å²) in [5, 5.41) is 4.19. The van der Waals surface area contributed by atoms with E-state index in [1.807, 2.05) is 0 Å². The van der Waals surface area contributed by atoms with Crippen LogP contribution in [0.15, 0.2) is 18.2 Å². The molecule has 2 aliphatic carbocycles. The zero-order valence-electron chi connectivity index (χ0n) is 14.0. The number of hydrogen-bond donors (Lipinski definition) is 2. The van der Waals surface area contributed by atoms with Crippen LogP contribution in [-0.4, -0.2) is 11.0 Å². The van der Waals surface area contributed by atoms with Gasteiger partial charge in [0, 0.05) is 17.3 Å². The van der Waals surface area contributed by atoms with E-state index >= 15 is 0 Å². The van der Waals surface area contributed by atoms with Crippen LogP contribution in [0.4, 0.5) is 0 Å². The molecule has 0 amide bonds. The summed E-state index contributed by atoms with van der Waals surface area (Å²) in [5.74, 6) is 0. The Labute approximate surface area is 133 Å². The van der Waals surface area contributed by atoms with Gasteiger partial charge in [0.05, 0.1) is 11.7 Å². The fourth-order valence-corrected chi connectivity index (χ4v) is 4.85. The van der Waals surface area contributed by atoms with E-state index in [2.05, 4.69) is 42.3 Å². The topological polar surface area (TPSA) is 32.4 Å². The van der Waals surface area contributed by atoms with Crippen LogP contribution in [0, 0.1) is 6.92 Å². The Morgan fingerprint density at radius 3 is 2.77 bits per heavy atom. The minimum Gasteiger partial charge on any atom is -0.353 e. The van der Waals surface area contributed by atoms with Crippen molar-refractivity contribution in [3.8, 4) is 0 Å². The number of hydrogen-bond acceptors (Lipinski definition) is 0. The number of rotatable bonds is 2. The fraction of sp³-hybridized carbons (Fsp3) is 0.600. The summed E-state index contributed by atoms with van der Waals surface area (Å²) in [6, 6.07) is 7.70. The third-order valence-corrected chi connectivity index (χ3v) is 6.01. The molecule has 0 aliphatic heterocycles. The van der Waals surface area contributed by atoms with Crippen molar-refractivity contribution in [2.45, 2.75) is 76.8 Å². The van der Waals surface area contributed by atoms with Gasteiger partial charge in [-0.25, -0.2) is 0 Å². The molecular formula is C20H29N2+. The molecule has 22 heavy (non-hydrogen) atoms. The van der Waals surface area contributed by atoms with Gasteiger partial charge < -0.3 is 10.3 Å². The quantitative estimate of drug-likeness (QED) is 0.842. The highest BCUT2D eigenvalue weighted by molar-refractivity contribution is 5.86. The normalized spacial score (nSPS) is 26.3. The van der Waals surface area contributed by atoms with Crippen molar-refractivity contribution in [2.75, 3.05) is 0 Å². The first-order valence-electron chi connectivity index (χ1n) is 9.13. The molecule has 2 aliphatic rings. The van der Waals surface area contributed by atoms with Gasteiger partial charge in [-0.3, -0.25) is 0 Å². The summed E-state index contributed by atoms with van der Waals surface area (Å²) in [5.41, 5.74) is 6.07. The van der Waals surface area contributed by atoms with Gasteiger partial charge in [0.25, 0.3) is 0 Å². The number of aromatic amines is 1. The molecular weight excluding hydrogens is 268 g/mol. The lowest BCUT2D eigenvalue weighted by atomic mass is 9.80. The van der Waals surface area contributed by atoms with Gasteiger partial charge in [0.1, 0.15) is 5.54 Å². The first-order chi connectivity index (χ1) is 10.7. The number of aryl methyl sites for hydroxylation is 2. The lowest BCUT2D eigenvalue weighted by Crippen LogP contribution is -2.99. The second-order valence-corrected chi connectivity index (χ2v) is 7.86. The van der Waals surface area contributed by atoms with Gasteiger partial charge in [0.15, 0.2) is 0 Å². The highest BCUT2D eigenvalue weighted by atomic mass is 15.0. The van der Waals surface area contributed by atoms with Gasteiger partial charge >= 0.3 is 0 Å². The lowest BCUT2D eigenvalue weighted by Gasteiger charge is -2.36. The fourth-order valence-electron chi connectivity index (χ4n) is 4.85. The molecule has 2 heteroatoms. The summed E-state index contributed by atoms with van der Waals surface area (Å²) < 4.78 is 0. The summed E-state index contributed by atoms with van der Waals surface area (Å²) in [4.78, 5) is 3.79. The van der Waals surface area contributed by atoms with E-state index in [0.717, 1.165) is 6.04 Å². The lowest BCUT2D eigenvalue weighted by molar-refractivity contribution is -0.766. The average Bonchev–Trinajstić information content (AvgIpc) is 2.88. The minimum absolute atomic E-state index is 0.252. The Kier molecular flexibility index (Phi) is 3.53. The van der Waals surface area contributed by atoms with Crippen LogP contribution in [0.3, 0.4) is 0 Å². The SMILES string of the molecule is Cc1ccc2[nH]c3c(c2c1)CCC[C@]3(C)[NH2+]C1CCCCC1. The highest BCUT2D eigenvalue weighted by Crippen LogP contribution is 2.37. The van der Waals surface area contributed by atoms with Crippen LogP contribution >= 0.6 is 0 Å². The standard InChI is InChI=1S/C20H28N2/c1-14-10-11-18-17(13-14)16-9-6-12-20(2,19(16)21-18)22-15-7-4-3-5-8-15/h10-11,13,15,21-22H,3-9,12H2,1-2H3/p+1/t20-/m0/s1. The van der Waals surface area contributed by atoms with E-state index in [1.54, 1.807) is 5.56 Å². The van der Waals surface area contributed by atoms with Crippen LogP contribution in [0.1, 0.15) is 68.7 Å². The zero-order valence-corrected chi connectivity index (χ0v) is 14.0. The first kappa shape index (κ1) is 14.3. The number of benzene rings is 1. The molecule has 1 aromatic heterocycles. The van der Waals surface area contributed by atoms with Crippen LogP contribution in [-0.2, 0) is 12.0 Å². The van der Waals surface area contributed by atoms with Crippen LogP contribution in [0.25, 0.3) is 10.9 Å². The van der Waals surface area contributed by atoms with Crippen molar-refractivity contribution >= 4 is 10.9 Å². The Hall–Kier alpha value is -1.28. The van der Waals surface area contributed by atoms with Gasteiger partial charge in [-0.2, -0.15) is 0 Å². The molecule has 1 heterocycles. The predicted molar refractivity (Wildman–Crippen MR) is 92.1 cm³/mol. The second kappa shape index (κ2) is 5.42. The molecule has 118 valence electrons. The first-order valence-corrected chi connectivity index (χ1v) is 9.13. The van der Waals surface area contributed by atoms with Crippen LogP contribution in [0.2, 0.25) is 0 Å². The van der Waals surface area contributed by atoms with Gasteiger partial charge in [-0.1, -0.05) is 18.1 Å². The molecule has 1 atom stereocenters. The van der Waals surface area contributed by atoms with E-state index in [4.69, 9.17) is 0 Å². The molecule has 1 fully saturated rings. The van der Waals surface area contributed by atoms with Crippen molar-refractivity contribution in [1.29, 1.82) is 0 Å². The molecule has 3 N–H and O–H groups in total. The third kappa shape index (κ3) is 2.38. The van der Waals surface area contributed by atoms with Crippen LogP contribution < -0.4 is 5.32 Å². The Morgan fingerprint density at radius 1 is 1.14 bits per heavy atom. The molecule has 1 aromatic carbocycles. The number of fused-ring (bicyclic) bond motifs is 3. The Balaban J connectivity index is 1.72. The van der Waals surface area contributed by atoms with Crippen molar-refractivity contribution in [1.82, 2.24) is 4.98 Å². The van der Waals surface area contributed by atoms with Crippen molar-refractivity contribution < 1.29 is 5.32 Å². The average molecular weight is 297 g/mol. The molecule has 1 saturated carbocycles. The monoisotopic (exact) mass is 297 g/mol. The number of quaternary nitrogens is 1. The summed E-state index contributed by atoms with van der Waals surface area (Å²) >= 11 is 0. The van der Waals surface area contributed by atoms with E-state index < -0.39 is 0 Å². The number of nitrogens with two attached hydrogens (primary N) is 1. The predicted octanol–water partition coefficient (Wildman–Crippen LogP) is 3.92. The smallest absolute Gasteiger partial charge is 0.134 e. The van der Waals surface area contributed by atoms with E-state index in [1.165, 1.54) is 73.5 Å². The minimum atomic E-state index is 0.252. The van der Waals surface area contributed by atoms with Gasteiger partial charge in [-0.15, -0.1) is 0 Å². The zero-order chi connectivity index (χ0) is 15.2. The van der Waals surface area contributed by atoms with E-state index in [-0.39, 0.29) is 5.54 Å².